The summed E-state index contributed by atoms with van der Waals surface area (Å²) in [7, 11) is 0. The molecule has 0 aromatic heterocycles. The van der Waals surface area contributed by atoms with Crippen molar-refractivity contribution in [3.8, 4) is 0 Å². The van der Waals surface area contributed by atoms with Gasteiger partial charge in [-0.05, 0) is 32.6 Å². The first-order chi connectivity index (χ1) is 7.22. The van der Waals surface area contributed by atoms with Crippen LogP contribution >= 0.6 is 0 Å². The summed E-state index contributed by atoms with van der Waals surface area (Å²) in [6, 6.07) is 0.372. The Labute approximate surface area is 94.3 Å². The Hall–Kier alpha value is -0.340. The van der Waals surface area contributed by atoms with Crippen molar-refractivity contribution in [2.75, 3.05) is 0 Å². The van der Waals surface area contributed by atoms with Gasteiger partial charge >= 0.3 is 0 Å². The third-order valence-corrected chi connectivity index (χ3v) is 3.36. The Morgan fingerprint density at radius 3 is 2.53 bits per heavy atom. The number of nitrogens with two attached hydrogens (primary N) is 1. The molecule has 1 atom stereocenters. The molecular formula is C13H26N2. The summed E-state index contributed by atoms with van der Waals surface area (Å²) in [5.74, 6) is 6.50. The summed E-state index contributed by atoms with van der Waals surface area (Å²) in [6.07, 6.45) is 12.0. The van der Waals surface area contributed by atoms with E-state index in [1.54, 1.807) is 0 Å². The lowest BCUT2D eigenvalue weighted by atomic mass is 9.85. The van der Waals surface area contributed by atoms with Crippen LogP contribution in [-0.2, 0) is 0 Å². The van der Waals surface area contributed by atoms with Crippen molar-refractivity contribution in [1.82, 2.24) is 5.43 Å². The van der Waals surface area contributed by atoms with Crippen molar-refractivity contribution >= 4 is 0 Å². The molecule has 0 bridgehead atoms. The average Bonchev–Trinajstić information content (AvgIpc) is 2.25. The Morgan fingerprint density at radius 2 is 2.00 bits per heavy atom. The van der Waals surface area contributed by atoms with E-state index in [1.807, 2.05) is 0 Å². The van der Waals surface area contributed by atoms with Crippen molar-refractivity contribution < 1.29 is 0 Å². The molecule has 0 aromatic rings. The van der Waals surface area contributed by atoms with Crippen molar-refractivity contribution in [1.29, 1.82) is 0 Å². The van der Waals surface area contributed by atoms with Gasteiger partial charge in [-0.1, -0.05) is 43.8 Å². The van der Waals surface area contributed by atoms with Gasteiger partial charge in [-0.2, -0.15) is 0 Å². The van der Waals surface area contributed by atoms with E-state index in [0.29, 0.717) is 6.04 Å². The van der Waals surface area contributed by atoms with Crippen LogP contribution in [0.1, 0.15) is 58.8 Å². The van der Waals surface area contributed by atoms with Crippen LogP contribution in [0, 0.1) is 5.92 Å². The number of hydrazine groups is 1. The van der Waals surface area contributed by atoms with Gasteiger partial charge in [0.05, 0.1) is 0 Å². The van der Waals surface area contributed by atoms with E-state index in [0.717, 1.165) is 5.92 Å². The maximum Gasteiger partial charge on any atom is 0.0392 e. The second-order valence-corrected chi connectivity index (χ2v) is 5.10. The zero-order chi connectivity index (χ0) is 11.1. The zero-order valence-electron chi connectivity index (χ0n) is 10.3. The zero-order valence-corrected chi connectivity index (χ0v) is 10.3. The molecule has 1 aliphatic rings. The van der Waals surface area contributed by atoms with Crippen LogP contribution in [-0.4, -0.2) is 6.04 Å². The molecular weight excluding hydrogens is 184 g/mol. The molecule has 88 valence electrons. The van der Waals surface area contributed by atoms with Gasteiger partial charge in [0.15, 0.2) is 0 Å². The maximum atomic E-state index is 5.54. The van der Waals surface area contributed by atoms with E-state index in [2.05, 4.69) is 25.3 Å². The van der Waals surface area contributed by atoms with Crippen molar-refractivity contribution in [2.45, 2.75) is 64.8 Å². The van der Waals surface area contributed by atoms with Gasteiger partial charge in [0, 0.05) is 6.04 Å². The largest absolute Gasteiger partial charge is 0.271 e. The smallest absolute Gasteiger partial charge is 0.0392 e. The minimum Gasteiger partial charge on any atom is -0.271 e. The van der Waals surface area contributed by atoms with Gasteiger partial charge in [0.1, 0.15) is 0 Å². The first kappa shape index (κ1) is 12.7. The normalized spacial score (nSPS) is 19.9. The highest BCUT2D eigenvalue weighted by atomic mass is 15.2. The highest BCUT2D eigenvalue weighted by molar-refractivity contribution is 5.00. The van der Waals surface area contributed by atoms with Crippen LogP contribution in [0.25, 0.3) is 0 Å². The lowest BCUT2D eigenvalue weighted by Crippen LogP contribution is -2.34. The maximum absolute atomic E-state index is 5.54. The molecule has 0 aliphatic heterocycles. The molecule has 1 unspecified atom stereocenters. The van der Waals surface area contributed by atoms with Crippen LogP contribution in [0.5, 0.6) is 0 Å². The first-order valence-electron chi connectivity index (χ1n) is 6.33. The standard InChI is InChI=1S/C13H26N2/c1-11(2)10-13(15-14)9-8-12-6-4-3-5-7-12/h10,12-13,15H,3-9,14H2,1-2H3. The molecule has 2 heteroatoms. The predicted octanol–water partition coefficient (Wildman–Crippen LogP) is 3.15. The summed E-state index contributed by atoms with van der Waals surface area (Å²) < 4.78 is 0. The number of nitrogens with one attached hydrogen (secondary N) is 1. The monoisotopic (exact) mass is 210 g/mol. The summed E-state index contributed by atoms with van der Waals surface area (Å²) in [5.41, 5.74) is 4.25. The molecule has 0 radical (unpaired) electrons. The van der Waals surface area contributed by atoms with Crippen molar-refractivity contribution in [2.24, 2.45) is 11.8 Å². The molecule has 0 amide bonds. The molecule has 15 heavy (non-hydrogen) atoms. The van der Waals surface area contributed by atoms with Gasteiger partial charge in [-0.3, -0.25) is 11.3 Å². The molecule has 1 fully saturated rings. The Kier molecular flexibility index (Phi) is 5.96. The number of allylic oxidation sites excluding steroid dienone is 1. The van der Waals surface area contributed by atoms with Gasteiger partial charge < -0.3 is 0 Å². The molecule has 3 N–H and O–H groups in total. The molecule has 0 heterocycles. The second-order valence-electron chi connectivity index (χ2n) is 5.10. The molecule has 1 saturated carbocycles. The molecule has 1 aliphatic carbocycles. The molecule has 0 aromatic carbocycles. The highest BCUT2D eigenvalue weighted by Gasteiger charge is 2.14. The fourth-order valence-corrected chi connectivity index (χ4v) is 2.51. The molecule has 0 saturated heterocycles. The lowest BCUT2D eigenvalue weighted by Gasteiger charge is -2.23. The Bertz CT molecular complexity index is 189. The fourth-order valence-electron chi connectivity index (χ4n) is 2.51. The number of rotatable bonds is 5. The van der Waals surface area contributed by atoms with E-state index in [4.69, 9.17) is 5.84 Å². The van der Waals surface area contributed by atoms with Crippen molar-refractivity contribution in [3.63, 3.8) is 0 Å². The quantitative estimate of drug-likeness (QED) is 0.415. The van der Waals surface area contributed by atoms with E-state index < -0.39 is 0 Å². The summed E-state index contributed by atoms with van der Waals surface area (Å²) >= 11 is 0. The lowest BCUT2D eigenvalue weighted by molar-refractivity contribution is 0.322. The second kappa shape index (κ2) is 7.02. The summed E-state index contributed by atoms with van der Waals surface area (Å²) in [5, 5.41) is 0. The van der Waals surface area contributed by atoms with Gasteiger partial charge in [0.2, 0.25) is 0 Å². The molecule has 0 spiro atoms. The van der Waals surface area contributed by atoms with E-state index in [1.165, 1.54) is 50.5 Å². The average molecular weight is 210 g/mol. The SMILES string of the molecule is CC(C)=CC(CCC1CCCCC1)NN. The van der Waals surface area contributed by atoms with Gasteiger partial charge in [-0.25, -0.2) is 0 Å². The van der Waals surface area contributed by atoms with Crippen LogP contribution in [0.4, 0.5) is 0 Å². The third-order valence-electron chi connectivity index (χ3n) is 3.36. The van der Waals surface area contributed by atoms with E-state index in [-0.39, 0.29) is 0 Å². The minimum atomic E-state index is 0.372. The van der Waals surface area contributed by atoms with Crippen LogP contribution < -0.4 is 11.3 Å². The molecule has 2 nitrogen and oxygen atoms in total. The van der Waals surface area contributed by atoms with E-state index >= 15 is 0 Å². The fraction of sp³-hybridized carbons (Fsp3) is 0.846. The molecule has 1 rings (SSSR count). The number of hydrogen-bond donors (Lipinski definition) is 2. The Morgan fingerprint density at radius 1 is 1.33 bits per heavy atom. The minimum absolute atomic E-state index is 0.372. The highest BCUT2D eigenvalue weighted by Crippen LogP contribution is 2.27. The third kappa shape index (κ3) is 5.33. The Balaban J connectivity index is 2.23. The summed E-state index contributed by atoms with van der Waals surface area (Å²) in [4.78, 5) is 0. The topological polar surface area (TPSA) is 38.0 Å². The van der Waals surface area contributed by atoms with Crippen LogP contribution in [0.2, 0.25) is 0 Å². The van der Waals surface area contributed by atoms with Crippen molar-refractivity contribution in [3.05, 3.63) is 11.6 Å². The van der Waals surface area contributed by atoms with Crippen LogP contribution in [0.15, 0.2) is 11.6 Å². The van der Waals surface area contributed by atoms with E-state index in [9.17, 15) is 0 Å². The van der Waals surface area contributed by atoms with Gasteiger partial charge in [-0.15, -0.1) is 0 Å². The predicted molar refractivity (Wildman–Crippen MR) is 66.4 cm³/mol. The van der Waals surface area contributed by atoms with Gasteiger partial charge in [0.25, 0.3) is 0 Å². The first-order valence-corrected chi connectivity index (χ1v) is 6.33. The van der Waals surface area contributed by atoms with Crippen LogP contribution in [0.3, 0.4) is 0 Å². The number of hydrogen-bond acceptors (Lipinski definition) is 2. The summed E-state index contributed by atoms with van der Waals surface area (Å²) in [6.45, 7) is 4.26.